The smallest absolute Gasteiger partial charge is 0.272 e. The zero-order valence-corrected chi connectivity index (χ0v) is 19.6. The number of benzene rings is 2. The Balaban J connectivity index is 1.54. The fraction of sp³-hybridized carbons (Fsp3) is 0.200. The highest BCUT2D eigenvalue weighted by Crippen LogP contribution is 2.40. The van der Waals surface area contributed by atoms with E-state index in [1.54, 1.807) is 25.4 Å². The number of hydrogen-bond donors (Lipinski definition) is 2. The molecular formula is C25H23N7O4. The van der Waals surface area contributed by atoms with Crippen LogP contribution in [0.5, 0.6) is 11.5 Å². The van der Waals surface area contributed by atoms with Gasteiger partial charge in [-0.25, -0.2) is 4.98 Å². The molecule has 3 heterocycles. The second kappa shape index (κ2) is 9.45. The second-order valence-electron chi connectivity index (χ2n) is 8.27. The maximum Gasteiger partial charge on any atom is 0.272 e. The van der Waals surface area contributed by atoms with Gasteiger partial charge in [-0.2, -0.15) is 14.9 Å². The van der Waals surface area contributed by atoms with Crippen molar-refractivity contribution >= 4 is 17.6 Å². The maximum atomic E-state index is 12.7. The van der Waals surface area contributed by atoms with E-state index in [-0.39, 0.29) is 30.8 Å². The van der Waals surface area contributed by atoms with Crippen LogP contribution in [0.1, 0.15) is 29.2 Å². The van der Waals surface area contributed by atoms with E-state index < -0.39 is 5.91 Å². The van der Waals surface area contributed by atoms with E-state index in [4.69, 9.17) is 15.2 Å². The Hall–Kier alpha value is -4.80. The Kier molecular flexibility index (Phi) is 6.03. The molecule has 2 aromatic heterocycles. The predicted molar refractivity (Wildman–Crippen MR) is 130 cm³/mol. The summed E-state index contributed by atoms with van der Waals surface area (Å²) in [6.45, 7) is 1.64. The van der Waals surface area contributed by atoms with Crippen molar-refractivity contribution < 1.29 is 19.1 Å². The quantitative estimate of drug-likeness (QED) is 0.405. The number of carbonyl (C=O) groups is 2. The minimum Gasteiger partial charge on any atom is -0.497 e. The number of nitrogens with zero attached hydrogens (tertiary/aromatic N) is 5. The van der Waals surface area contributed by atoms with Gasteiger partial charge in [0.1, 0.15) is 17.3 Å². The summed E-state index contributed by atoms with van der Waals surface area (Å²) in [5, 5.41) is 15.8. The number of aryl methyl sites for hydroxylation is 1. The van der Waals surface area contributed by atoms with Crippen molar-refractivity contribution in [2.24, 2.45) is 5.73 Å². The molecule has 5 rings (SSSR count). The van der Waals surface area contributed by atoms with Gasteiger partial charge in [-0.05, 0) is 36.8 Å². The van der Waals surface area contributed by atoms with Crippen LogP contribution in [0.15, 0.2) is 54.7 Å². The standard InChI is InChI=1S/C25H23N7O4/c1-14-23-19(15-5-3-8-18(9-15)36-13-21(26)33)11-22(34)29-24(23)32(31-14)25-28-20(12-27-30-25)16-6-4-7-17(10-16)35-2/h3-10,12,19H,11,13H2,1-2H3,(H2,26,33)(H,29,34)/t19-/m1/s1. The Bertz CT molecular complexity index is 1470. The molecule has 11 heteroatoms. The zero-order valence-electron chi connectivity index (χ0n) is 19.6. The molecule has 0 saturated heterocycles. The zero-order chi connectivity index (χ0) is 25.2. The highest BCUT2D eigenvalue weighted by atomic mass is 16.5. The van der Waals surface area contributed by atoms with E-state index in [2.05, 4.69) is 25.6 Å². The normalized spacial score (nSPS) is 14.6. The minimum absolute atomic E-state index is 0.172. The number of aromatic nitrogens is 5. The largest absolute Gasteiger partial charge is 0.497 e. The summed E-state index contributed by atoms with van der Waals surface area (Å²) >= 11 is 0. The summed E-state index contributed by atoms with van der Waals surface area (Å²) in [5.41, 5.74) is 8.99. The van der Waals surface area contributed by atoms with Gasteiger partial charge >= 0.3 is 0 Å². The van der Waals surface area contributed by atoms with E-state index in [0.29, 0.717) is 28.7 Å². The van der Waals surface area contributed by atoms with Gasteiger partial charge in [0.25, 0.3) is 11.9 Å². The first kappa shape index (κ1) is 23.0. The fourth-order valence-corrected chi connectivity index (χ4v) is 4.26. The Morgan fingerprint density at radius 2 is 2.00 bits per heavy atom. The van der Waals surface area contributed by atoms with E-state index in [1.807, 2.05) is 43.3 Å². The molecule has 3 N–H and O–H groups in total. The Morgan fingerprint density at radius 3 is 2.81 bits per heavy atom. The lowest BCUT2D eigenvalue weighted by molar-refractivity contribution is -0.120. The molecular weight excluding hydrogens is 462 g/mol. The lowest BCUT2D eigenvalue weighted by Gasteiger charge is -2.24. The lowest BCUT2D eigenvalue weighted by Crippen LogP contribution is -2.25. The molecule has 1 aliphatic heterocycles. The van der Waals surface area contributed by atoms with Crippen LogP contribution in [0.4, 0.5) is 5.82 Å². The number of primary amides is 1. The van der Waals surface area contributed by atoms with Crippen molar-refractivity contribution in [3.63, 3.8) is 0 Å². The van der Waals surface area contributed by atoms with Crippen LogP contribution in [-0.2, 0) is 9.59 Å². The van der Waals surface area contributed by atoms with Gasteiger partial charge in [-0.3, -0.25) is 9.59 Å². The van der Waals surface area contributed by atoms with Gasteiger partial charge in [-0.15, -0.1) is 5.10 Å². The highest BCUT2D eigenvalue weighted by Gasteiger charge is 2.33. The molecule has 1 aliphatic rings. The van der Waals surface area contributed by atoms with Gasteiger partial charge in [0.05, 0.1) is 24.7 Å². The number of hydrogen-bond acceptors (Lipinski definition) is 8. The number of rotatable bonds is 7. The van der Waals surface area contributed by atoms with Crippen LogP contribution in [0, 0.1) is 6.92 Å². The summed E-state index contributed by atoms with van der Waals surface area (Å²) in [5.74, 6) is 0.866. The van der Waals surface area contributed by atoms with Gasteiger partial charge in [-0.1, -0.05) is 24.3 Å². The van der Waals surface area contributed by atoms with Crippen LogP contribution in [0.3, 0.4) is 0 Å². The van der Waals surface area contributed by atoms with Crippen molar-refractivity contribution in [1.82, 2.24) is 25.0 Å². The topological polar surface area (TPSA) is 147 Å². The molecule has 11 nitrogen and oxygen atoms in total. The first-order chi connectivity index (χ1) is 17.4. The molecule has 0 fully saturated rings. The molecule has 0 radical (unpaired) electrons. The average molecular weight is 486 g/mol. The summed E-state index contributed by atoms with van der Waals surface area (Å²) in [4.78, 5) is 28.5. The predicted octanol–water partition coefficient (Wildman–Crippen LogP) is 2.38. The van der Waals surface area contributed by atoms with E-state index in [1.165, 1.54) is 4.68 Å². The molecule has 0 aliphatic carbocycles. The Labute approximate surface area is 206 Å². The van der Waals surface area contributed by atoms with Crippen molar-refractivity contribution in [3.8, 4) is 28.7 Å². The van der Waals surface area contributed by atoms with Crippen LogP contribution in [0.2, 0.25) is 0 Å². The third kappa shape index (κ3) is 4.45. The fourth-order valence-electron chi connectivity index (χ4n) is 4.26. The SMILES string of the molecule is COc1cccc(-c2cnnc(-n3nc(C)c4c3NC(=O)C[C@@H]4c3cccc(OCC(N)=O)c3)n2)c1. The molecule has 2 aromatic carbocycles. The third-order valence-electron chi connectivity index (χ3n) is 5.85. The number of methoxy groups -OCH3 is 1. The van der Waals surface area contributed by atoms with Crippen molar-refractivity contribution in [2.45, 2.75) is 19.3 Å². The molecule has 1 atom stereocenters. The first-order valence-electron chi connectivity index (χ1n) is 11.2. The number of nitrogens with one attached hydrogen (secondary N) is 1. The van der Waals surface area contributed by atoms with Crippen LogP contribution in [0.25, 0.3) is 17.2 Å². The first-order valence-corrected chi connectivity index (χ1v) is 11.2. The molecule has 0 unspecified atom stereocenters. The van der Waals surface area contributed by atoms with E-state index in [0.717, 1.165) is 16.7 Å². The minimum atomic E-state index is -0.568. The second-order valence-corrected chi connectivity index (χ2v) is 8.27. The van der Waals surface area contributed by atoms with Crippen LogP contribution >= 0.6 is 0 Å². The van der Waals surface area contributed by atoms with E-state index in [9.17, 15) is 9.59 Å². The molecule has 4 aromatic rings. The lowest BCUT2D eigenvalue weighted by atomic mass is 9.86. The number of nitrogens with two attached hydrogens (primary N) is 1. The number of carbonyl (C=O) groups excluding carboxylic acids is 2. The van der Waals surface area contributed by atoms with Gasteiger partial charge < -0.3 is 20.5 Å². The number of ether oxygens (including phenoxy) is 2. The monoisotopic (exact) mass is 485 g/mol. The van der Waals surface area contributed by atoms with Gasteiger partial charge in [0.2, 0.25) is 5.91 Å². The van der Waals surface area contributed by atoms with Crippen LogP contribution < -0.4 is 20.5 Å². The van der Waals surface area contributed by atoms with E-state index >= 15 is 0 Å². The average Bonchev–Trinajstić information content (AvgIpc) is 3.23. The number of fused-ring (bicyclic) bond motifs is 1. The molecule has 0 bridgehead atoms. The van der Waals surface area contributed by atoms with Crippen molar-refractivity contribution in [3.05, 3.63) is 71.5 Å². The molecule has 182 valence electrons. The summed E-state index contributed by atoms with van der Waals surface area (Å²) in [6, 6.07) is 14.7. The summed E-state index contributed by atoms with van der Waals surface area (Å²) in [7, 11) is 1.60. The molecule has 2 amide bonds. The third-order valence-corrected chi connectivity index (χ3v) is 5.85. The van der Waals surface area contributed by atoms with Crippen molar-refractivity contribution in [2.75, 3.05) is 19.0 Å². The van der Waals surface area contributed by atoms with Crippen LogP contribution in [-0.4, -0.2) is 50.5 Å². The molecule has 0 saturated carbocycles. The van der Waals surface area contributed by atoms with Gasteiger partial charge in [0.15, 0.2) is 6.61 Å². The highest BCUT2D eigenvalue weighted by molar-refractivity contribution is 5.95. The van der Waals surface area contributed by atoms with Gasteiger partial charge in [0, 0.05) is 23.5 Å². The number of amides is 2. The maximum absolute atomic E-state index is 12.7. The molecule has 36 heavy (non-hydrogen) atoms. The van der Waals surface area contributed by atoms with Crippen molar-refractivity contribution in [1.29, 1.82) is 0 Å². The summed E-state index contributed by atoms with van der Waals surface area (Å²) < 4.78 is 12.3. The Morgan fingerprint density at radius 1 is 1.19 bits per heavy atom. The summed E-state index contributed by atoms with van der Waals surface area (Å²) in [6.07, 6.45) is 1.78. The molecule has 0 spiro atoms. The number of anilines is 1.